The van der Waals surface area contributed by atoms with Crippen molar-refractivity contribution in [3.63, 3.8) is 0 Å². The first kappa shape index (κ1) is 6.39. The highest BCUT2D eigenvalue weighted by Crippen LogP contribution is 2.22. The lowest BCUT2D eigenvalue weighted by Gasteiger charge is -2.20. The van der Waals surface area contributed by atoms with E-state index >= 15 is 0 Å². The van der Waals surface area contributed by atoms with E-state index < -0.39 is 0 Å². The number of aliphatic hydroxyl groups is 2. The lowest BCUT2D eigenvalue weighted by Crippen LogP contribution is -2.21. The van der Waals surface area contributed by atoms with Gasteiger partial charge in [0.2, 0.25) is 0 Å². The standard InChI is InChI=1S/C5H10O2S/c6-4-1-2-8-5(7)3-4/h4-7H,1-3H2. The first-order chi connectivity index (χ1) is 3.79. The SMILES string of the molecule is OC1CCSC(O)C1. The summed E-state index contributed by atoms with van der Waals surface area (Å²) in [5.41, 5.74) is -0.321. The topological polar surface area (TPSA) is 40.5 Å². The Morgan fingerprint density at radius 2 is 2.12 bits per heavy atom. The summed E-state index contributed by atoms with van der Waals surface area (Å²) in [6.07, 6.45) is 1.12. The predicted octanol–water partition coefficient (Wildman–Crippen LogP) is 0.193. The fourth-order valence-electron chi connectivity index (χ4n) is 0.759. The van der Waals surface area contributed by atoms with Crippen LogP contribution in [0.5, 0.6) is 0 Å². The maximum Gasteiger partial charge on any atom is 0.102 e. The third kappa shape index (κ3) is 1.65. The van der Waals surface area contributed by atoms with E-state index in [0.29, 0.717) is 6.42 Å². The zero-order valence-electron chi connectivity index (χ0n) is 4.58. The van der Waals surface area contributed by atoms with Crippen molar-refractivity contribution in [1.82, 2.24) is 0 Å². The molecule has 0 radical (unpaired) electrons. The minimum absolute atomic E-state index is 0.258. The van der Waals surface area contributed by atoms with E-state index in [-0.39, 0.29) is 11.5 Å². The van der Waals surface area contributed by atoms with Crippen LogP contribution in [0.1, 0.15) is 12.8 Å². The fourth-order valence-corrected chi connectivity index (χ4v) is 1.80. The Hall–Kier alpha value is 0.270. The van der Waals surface area contributed by atoms with Gasteiger partial charge in [0.25, 0.3) is 0 Å². The molecule has 1 aliphatic heterocycles. The van der Waals surface area contributed by atoms with Crippen molar-refractivity contribution in [3.05, 3.63) is 0 Å². The highest BCUT2D eigenvalue weighted by Gasteiger charge is 2.17. The van der Waals surface area contributed by atoms with Crippen LogP contribution in [0.3, 0.4) is 0 Å². The monoisotopic (exact) mass is 134 g/mol. The second-order valence-corrected chi connectivity index (χ2v) is 3.29. The van der Waals surface area contributed by atoms with Gasteiger partial charge in [-0.1, -0.05) is 0 Å². The van der Waals surface area contributed by atoms with Gasteiger partial charge >= 0.3 is 0 Å². The molecule has 1 saturated heterocycles. The molecule has 0 aromatic heterocycles. The molecule has 8 heavy (non-hydrogen) atoms. The molecular formula is C5H10O2S. The smallest absolute Gasteiger partial charge is 0.102 e. The molecule has 0 saturated carbocycles. The van der Waals surface area contributed by atoms with Gasteiger partial charge < -0.3 is 10.2 Å². The van der Waals surface area contributed by atoms with Crippen molar-refractivity contribution >= 4 is 11.8 Å². The Balaban J connectivity index is 2.23. The molecule has 1 heterocycles. The molecule has 1 aliphatic rings. The molecule has 2 nitrogen and oxygen atoms in total. The predicted molar refractivity (Wildman–Crippen MR) is 33.7 cm³/mol. The number of hydrogen-bond donors (Lipinski definition) is 2. The summed E-state index contributed by atoms with van der Waals surface area (Å²) in [6.45, 7) is 0. The Morgan fingerprint density at radius 1 is 1.38 bits per heavy atom. The minimum atomic E-state index is -0.321. The maximum atomic E-state index is 8.91. The first-order valence-corrected chi connectivity index (χ1v) is 3.81. The van der Waals surface area contributed by atoms with Crippen LogP contribution in [-0.2, 0) is 0 Å². The van der Waals surface area contributed by atoms with E-state index in [4.69, 9.17) is 10.2 Å². The van der Waals surface area contributed by atoms with Crippen molar-refractivity contribution in [3.8, 4) is 0 Å². The molecule has 2 N–H and O–H groups in total. The number of aliphatic hydroxyl groups excluding tert-OH is 2. The lowest BCUT2D eigenvalue weighted by molar-refractivity contribution is 0.111. The lowest BCUT2D eigenvalue weighted by atomic mass is 10.2. The minimum Gasteiger partial charge on any atom is -0.393 e. The molecule has 0 bridgehead atoms. The maximum absolute atomic E-state index is 8.91. The van der Waals surface area contributed by atoms with Crippen LogP contribution in [-0.4, -0.2) is 27.5 Å². The molecule has 0 aliphatic carbocycles. The molecule has 2 atom stereocenters. The Labute approximate surface area is 52.9 Å². The van der Waals surface area contributed by atoms with Crippen LogP contribution in [0.2, 0.25) is 0 Å². The quantitative estimate of drug-likeness (QED) is 0.497. The van der Waals surface area contributed by atoms with E-state index in [1.807, 2.05) is 0 Å². The number of rotatable bonds is 0. The molecule has 0 aromatic rings. The molecular weight excluding hydrogens is 124 g/mol. The van der Waals surface area contributed by atoms with Crippen LogP contribution < -0.4 is 0 Å². The second kappa shape index (κ2) is 2.71. The van der Waals surface area contributed by atoms with E-state index in [2.05, 4.69) is 0 Å². The summed E-state index contributed by atoms with van der Waals surface area (Å²) in [5.74, 6) is 0.891. The fraction of sp³-hybridized carbons (Fsp3) is 1.00. The highest BCUT2D eigenvalue weighted by molar-refractivity contribution is 7.99. The summed E-state index contributed by atoms with van der Waals surface area (Å²) < 4.78 is 0. The van der Waals surface area contributed by atoms with Crippen LogP contribution in [0.25, 0.3) is 0 Å². The molecule has 1 fully saturated rings. The van der Waals surface area contributed by atoms with Crippen molar-refractivity contribution in [2.45, 2.75) is 24.4 Å². The van der Waals surface area contributed by atoms with Crippen LogP contribution >= 0.6 is 11.8 Å². The van der Waals surface area contributed by atoms with Crippen molar-refractivity contribution in [2.24, 2.45) is 0 Å². The molecule has 1 rings (SSSR count). The Bertz CT molecular complexity index is 68.8. The van der Waals surface area contributed by atoms with Crippen LogP contribution in [0, 0.1) is 0 Å². The first-order valence-electron chi connectivity index (χ1n) is 2.77. The average molecular weight is 134 g/mol. The van der Waals surface area contributed by atoms with Crippen molar-refractivity contribution < 1.29 is 10.2 Å². The zero-order chi connectivity index (χ0) is 5.98. The van der Waals surface area contributed by atoms with Gasteiger partial charge in [-0.3, -0.25) is 0 Å². The van der Waals surface area contributed by atoms with Gasteiger partial charge in [0.05, 0.1) is 6.10 Å². The summed E-state index contributed by atoms with van der Waals surface area (Å²) in [4.78, 5) is 0. The normalized spacial score (nSPS) is 39.8. The van der Waals surface area contributed by atoms with Crippen molar-refractivity contribution in [2.75, 3.05) is 5.75 Å². The molecule has 0 aromatic carbocycles. The van der Waals surface area contributed by atoms with Crippen LogP contribution in [0.4, 0.5) is 0 Å². The Kier molecular flexibility index (Phi) is 2.16. The summed E-state index contributed by atoms with van der Waals surface area (Å²) in [5, 5.41) is 17.8. The molecule has 3 heteroatoms. The van der Waals surface area contributed by atoms with Gasteiger partial charge in [0.15, 0.2) is 0 Å². The molecule has 0 amide bonds. The van der Waals surface area contributed by atoms with E-state index in [9.17, 15) is 0 Å². The third-order valence-corrected chi connectivity index (χ3v) is 2.28. The average Bonchev–Trinajstić information content (AvgIpc) is 1.64. The number of thioether (sulfide) groups is 1. The van der Waals surface area contributed by atoms with E-state index in [1.54, 1.807) is 0 Å². The van der Waals surface area contributed by atoms with Gasteiger partial charge in [-0.05, 0) is 12.2 Å². The third-order valence-electron chi connectivity index (χ3n) is 1.24. The Morgan fingerprint density at radius 3 is 2.50 bits per heavy atom. The van der Waals surface area contributed by atoms with E-state index in [0.717, 1.165) is 12.2 Å². The van der Waals surface area contributed by atoms with Gasteiger partial charge in [0, 0.05) is 6.42 Å². The van der Waals surface area contributed by atoms with Crippen LogP contribution in [0.15, 0.2) is 0 Å². The summed E-state index contributed by atoms with van der Waals surface area (Å²) >= 11 is 1.52. The molecule has 0 spiro atoms. The highest BCUT2D eigenvalue weighted by atomic mass is 32.2. The summed E-state index contributed by atoms with van der Waals surface area (Å²) in [7, 11) is 0. The van der Waals surface area contributed by atoms with Gasteiger partial charge in [-0.15, -0.1) is 11.8 Å². The summed E-state index contributed by atoms with van der Waals surface area (Å²) in [6, 6.07) is 0. The van der Waals surface area contributed by atoms with E-state index in [1.165, 1.54) is 11.8 Å². The van der Waals surface area contributed by atoms with Gasteiger partial charge in [-0.25, -0.2) is 0 Å². The zero-order valence-corrected chi connectivity index (χ0v) is 5.40. The number of hydrogen-bond acceptors (Lipinski definition) is 3. The van der Waals surface area contributed by atoms with Gasteiger partial charge in [-0.2, -0.15) is 0 Å². The molecule has 48 valence electrons. The molecule has 2 unspecified atom stereocenters. The largest absolute Gasteiger partial charge is 0.393 e. The van der Waals surface area contributed by atoms with Crippen molar-refractivity contribution in [1.29, 1.82) is 0 Å². The second-order valence-electron chi connectivity index (χ2n) is 2.00. The van der Waals surface area contributed by atoms with Gasteiger partial charge in [0.1, 0.15) is 5.44 Å².